The lowest BCUT2D eigenvalue weighted by Crippen LogP contribution is -2.49. The molecule has 3 heteroatoms. The second-order valence-electron chi connectivity index (χ2n) is 7.01. The van der Waals surface area contributed by atoms with Gasteiger partial charge in [0.15, 0.2) is 0 Å². The molecule has 0 spiro atoms. The number of nitrogens with one attached hydrogen (secondary N) is 1. The van der Waals surface area contributed by atoms with Gasteiger partial charge < -0.3 is 10.2 Å². The molecule has 3 fully saturated rings. The minimum absolute atomic E-state index is 0.848. The van der Waals surface area contributed by atoms with Gasteiger partial charge in [0.25, 0.3) is 0 Å². The van der Waals surface area contributed by atoms with E-state index in [1.54, 1.807) is 0 Å². The van der Waals surface area contributed by atoms with E-state index in [0.717, 1.165) is 17.9 Å². The lowest BCUT2D eigenvalue weighted by molar-refractivity contribution is 0.150. The molecular weight excluding hydrogens is 234 g/mol. The van der Waals surface area contributed by atoms with Gasteiger partial charge in [-0.25, -0.2) is 0 Å². The Morgan fingerprint density at radius 3 is 2.58 bits per heavy atom. The molecule has 1 saturated carbocycles. The van der Waals surface area contributed by atoms with E-state index in [0.29, 0.717) is 0 Å². The topological polar surface area (TPSA) is 18.5 Å². The van der Waals surface area contributed by atoms with E-state index in [2.05, 4.69) is 22.0 Å². The molecular formula is C16H31N3. The van der Waals surface area contributed by atoms with E-state index in [4.69, 9.17) is 0 Å². The number of nitrogens with zero attached hydrogens (tertiary/aromatic N) is 2. The predicted octanol–water partition coefficient (Wildman–Crippen LogP) is 1.79. The maximum Gasteiger partial charge on any atom is 0.0236 e. The molecule has 1 aliphatic carbocycles. The molecule has 2 saturated heterocycles. The van der Waals surface area contributed by atoms with Crippen molar-refractivity contribution < 1.29 is 0 Å². The Morgan fingerprint density at radius 2 is 1.79 bits per heavy atom. The first-order valence-electron chi connectivity index (χ1n) is 8.50. The fraction of sp³-hybridized carbons (Fsp3) is 1.00. The van der Waals surface area contributed by atoms with Crippen LogP contribution >= 0.6 is 0 Å². The highest BCUT2D eigenvalue weighted by atomic mass is 15.3. The van der Waals surface area contributed by atoms with E-state index in [1.807, 2.05) is 0 Å². The van der Waals surface area contributed by atoms with Gasteiger partial charge in [0.05, 0.1) is 0 Å². The Hall–Kier alpha value is -0.120. The molecule has 0 aromatic carbocycles. The standard InChI is InChI=1S/C16H31N3/c1-14-4-2-3-5-15(14)12-18-9-6-16(13-18)19-10-7-17-8-11-19/h14-17H,2-13H2,1H3. The lowest BCUT2D eigenvalue weighted by Gasteiger charge is -2.34. The van der Waals surface area contributed by atoms with Crippen molar-refractivity contribution in [3.8, 4) is 0 Å². The van der Waals surface area contributed by atoms with Crippen molar-refractivity contribution in [3.05, 3.63) is 0 Å². The minimum atomic E-state index is 0.848. The summed E-state index contributed by atoms with van der Waals surface area (Å²) in [6.45, 7) is 11.4. The normalized spacial score (nSPS) is 38.7. The third-order valence-corrected chi connectivity index (χ3v) is 5.70. The van der Waals surface area contributed by atoms with Gasteiger partial charge in [-0.2, -0.15) is 0 Å². The fourth-order valence-electron chi connectivity index (χ4n) is 4.32. The van der Waals surface area contributed by atoms with E-state index in [1.165, 1.54) is 77.9 Å². The molecule has 0 radical (unpaired) electrons. The third kappa shape index (κ3) is 3.50. The van der Waals surface area contributed by atoms with Crippen LogP contribution in [-0.4, -0.2) is 61.7 Å². The summed E-state index contributed by atoms with van der Waals surface area (Å²) in [7, 11) is 0. The zero-order valence-corrected chi connectivity index (χ0v) is 12.6. The van der Waals surface area contributed by atoms with Crippen LogP contribution in [0.25, 0.3) is 0 Å². The van der Waals surface area contributed by atoms with Crippen LogP contribution < -0.4 is 5.32 Å². The Balaban J connectivity index is 1.45. The Kier molecular flexibility index (Phi) is 4.78. The van der Waals surface area contributed by atoms with Gasteiger partial charge in [0, 0.05) is 45.3 Å². The molecule has 0 bridgehead atoms. The first-order valence-corrected chi connectivity index (χ1v) is 8.50. The summed E-state index contributed by atoms with van der Waals surface area (Å²) in [6.07, 6.45) is 7.31. The first-order chi connectivity index (χ1) is 9.33. The highest BCUT2D eigenvalue weighted by Crippen LogP contribution is 2.31. The largest absolute Gasteiger partial charge is 0.314 e. The van der Waals surface area contributed by atoms with Gasteiger partial charge in [-0.3, -0.25) is 4.90 Å². The van der Waals surface area contributed by atoms with Crippen LogP contribution in [0.15, 0.2) is 0 Å². The van der Waals surface area contributed by atoms with Crippen molar-refractivity contribution in [2.24, 2.45) is 11.8 Å². The smallest absolute Gasteiger partial charge is 0.0236 e. The molecule has 0 aromatic heterocycles. The molecule has 2 aliphatic heterocycles. The van der Waals surface area contributed by atoms with Crippen LogP contribution in [0.2, 0.25) is 0 Å². The van der Waals surface area contributed by atoms with Crippen molar-refractivity contribution in [2.45, 2.75) is 45.1 Å². The van der Waals surface area contributed by atoms with Crippen molar-refractivity contribution in [1.29, 1.82) is 0 Å². The Morgan fingerprint density at radius 1 is 1.00 bits per heavy atom. The van der Waals surface area contributed by atoms with Crippen LogP contribution in [-0.2, 0) is 0 Å². The average Bonchev–Trinajstić information content (AvgIpc) is 2.91. The Labute approximate surface area is 118 Å². The van der Waals surface area contributed by atoms with Crippen LogP contribution in [0.1, 0.15) is 39.0 Å². The summed E-state index contributed by atoms with van der Waals surface area (Å²) in [5.74, 6) is 1.95. The summed E-state index contributed by atoms with van der Waals surface area (Å²) in [5.41, 5.74) is 0. The summed E-state index contributed by atoms with van der Waals surface area (Å²) in [6, 6.07) is 0.848. The summed E-state index contributed by atoms with van der Waals surface area (Å²) < 4.78 is 0. The summed E-state index contributed by atoms with van der Waals surface area (Å²) in [4.78, 5) is 5.49. The van der Waals surface area contributed by atoms with E-state index in [9.17, 15) is 0 Å². The molecule has 19 heavy (non-hydrogen) atoms. The molecule has 2 heterocycles. The number of rotatable bonds is 3. The minimum Gasteiger partial charge on any atom is -0.314 e. The highest BCUT2D eigenvalue weighted by Gasteiger charge is 2.31. The van der Waals surface area contributed by atoms with Gasteiger partial charge in [-0.05, 0) is 31.2 Å². The highest BCUT2D eigenvalue weighted by molar-refractivity contribution is 4.87. The first kappa shape index (κ1) is 13.8. The predicted molar refractivity (Wildman–Crippen MR) is 80.4 cm³/mol. The number of hydrogen-bond acceptors (Lipinski definition) is 3. The van der Waals surface area contributed by atoms with Crippen LogP contribution in [0, 0.1) is 11.8 Å². The maximum atomic E-state index is 3.47. The van der Waals surface area contributed by atoms with Crippen molar-refractivity contribution in [3.63, 3.8) is 0 Å². The summed E-state index contributed by atoms with van der Waals surface area (Å²) >= 11 is 0. The monoisotopic (exact) mass is 265 g/mol. The lowest BCUT2D eigenvalue weighted by atomic mass is 9.80. The molecule has 1 N–H and O–H groups in total. The second kappa shape index (κ2) is 6.55. The van der Waals surface area contributed by atoms with Gasteiger partial charge in [0.1, 0.15) is 0 Å². The molecule has 0 aromatic rings. The van der Waals surface area contributed by atoms with Gasteiger partial charge >= 0.3 is 0 Å². The van der Waals surface area contributed by atoms with Gasteiger partial charge in [0.2, 0.25) is 0 Å². The number of hydrogen-bond donors (Lipinski definition) is 1. The van der Waals surface area contributed by atoms with E-state index >= 15 is 0 Å². The van der Waals surface area contributed by atoms with E-state index < -0.39 is 0 Å². The summed E-state index contributed by atoms with van der Waals surface area (Å²) in [5, 5.41) is 3.47. The zero-order chi connectivity index (χ0) is 13.1. The Bertz CT molecular complexity index is 275. The molecule has 3 atom stereocenters. The van der Waals surface area contributed by atoms with Crippen molar-refractivity contribution in [1.82, 2.24) is 15.1 Å². The molecule has 3 unspecified atom stereocenters. The zero-order valence-electron chi connectivity index (χ0n) is 12.6. The molecule has 3 rings (SSSR count). The molecule has 3 nitrogen and oxygen atoms in total. The number of piperazine rings is 1. The maximum absolute atomic E-state index is 3.47. The SMILES string of the molecule is CC1CCCCC1CN1CCC(N2CCNCC2)C1. The second-order valence-corrected chi connectivity index (χ2v) is 7.01. The average molecular weight is 265 g/mol. The molecule has 110 valence electrons. The quantitative estimate of drug-likeness (QED) is 0.839. The number of likely N-dealkylation sites (tertiary alicyclic amines) is 1. The van der Waals surface area contributed by atoms with Crippen LogP contribution in [0.5, 0.6) is 0 Å². The van der Waals surface area contributed by atoms with Crippen LogP contribution in [0.4, 0.5) is 0 Å². The molecule has 0 amide bonds. The van der Waals surface area contributed by atoms with Gasteiger partial charge in [-0.15, -0.1) is 0 Å². The van der Waals surface area contributed by atoms with Crippen LogP contribution in [0.3, 0.4) is 0 Å². The van der Waals surface area contributed by atoms with E-state index in [-0.39, 0.29) is 0 Å². The fourth-order valence-corrected chi connectivity index (χ4v) is 4.32. The van der Waals surface area contributed by atoms with Gasteiger partial charge in [-0.1, -0.05) is 26.2 Å². The third-order valence-electron chi connectivity index (χ3n) is 5.70. The molecule has 3 aliphatic rings. The van der Waals surface area contributed by atoms with Crippen molar-refractivity contribution >= 4 is 0 Å². The van der Waals surface area contributed by atoms with Crippen molar-refractivity contribution in [2.75, 3.05) is 45.8 Å².